The Bertz CT molecular complexity index is 329. The Hall–Kier alpha value is -1.50. The summed E-state index contributed by atoms with van der Waals surface area (Å²) in [6.45, 7) is -0.790. The lowest BCUT2D eigenvalue weighted by Gasteiger charge is -2.24. The van der Waals surface area contributed by atoms with Crippen LogP contribution < -0.4 is 10.6 Å². The number of hydrogen-bond acceptors (Lipinski definition) is 4. The van der Waals surface area contributed by atoms with Gasteiger partial charge in [-0.1, -0.05) is 0 Å². The zero-order valence-corrected chi connectivity index (χ0v) is 9.97. The summed E-state index contributed by atoms with van der Waals surface area (Å²) in [6, 6.07) is 0. The van der Waals surface area contributed by atoms with Gasteiger partial charge in [0.05, 0.1) is 13.3 Å². The second-order valence-electron chi connectivity index (χ2n) is 3.54. The van der Waals surface area contributed by atoms with Gasteiger partial charge in [-0.05, 0) is 6.82 Å². The molecule has 116 valence electrons. The molecule has 0 aliphatic heterocycles. The van der Waals surface area contributed by atoms with Gasteiger partial charge in [-0.2, -0.15) is 26.3 Å². The molecule has 0 aliphatic carbocycles. The number of amides is 2. The van der Waals surface area contributed by atoms with Crippen molar-refractivity contribution in [3.63, 3.8) is 0 Å². The van der Waals surface area contributed by atoms with Crippen LogP contribution in [0.25, 0.3) is 0 Å². The molecule has 0 saturated heterocycles. The van der Waals surface area contributed by atoms with E-state index in [1.807, 2.05) is 0 Å². The van der Waals surface area contributed by atoms with Crippen molar-refractivity contribution in [1.82, 2.24) is 15.4 Å². The third kappa shape index (κ3) is 6.61. The fourth-order valence-corrected chi connectivity index (χ4v) is 0.867. The molecular formula is C7H10BF6N3O3. The van der Waals surface area contributed by atoms with E-state index in [1.54, 1.807) is 0 Å². The Morgan fingerprint density at radius 3 is 1.50 bits per heavy atom. The van der Waals surface area contributed by atoms with Crippen LogP contribution in [0.15, 0.2) is 0 Å². The molecule has 13 heteroatoms. The van der Waals surface area contributed by atoms with Crippen LogP contribution >= 0.6 is 0 Å². The first-order valence-electron chi connectivity index (χ1n) is 4.98. The van der Waals surface area contributed by atoms with Gasteiger partial charge in [-0.3, -0.25) is 14.4 Å². The largest absolute Gasteiger partial charge is 0.471 e. The molecule has 0 atom stereocenters. The minimum atomic E-state index is -5.17. The molecule has 0 aliphatic rings. The van der Waals surface area contributed by atoms with Gasteiger partial charge in [0.2, 0.25) is 0 Å². The summed E-state index contributed by atoms with van der Waals surface area (Å²) in [5.74, 6) is -4.66. The van der Waals surface area contributed by atoms with Crippen molar-refractivity contribution < 1.29 is 41.0 Å². The van der Waals surface area contributed by atoms with Gasteiger partial charge in [0.25, 0.3) is 0 Å². The van der Waals surface area contributed by atoms with Crippen molar-refractivity contribution in [3.05, 3.63) is 0 Å². The van der Waals surface area contributed by atoms with E-state index in [0.29, 0.717) is 4.81 Å². The Balaban J connectivity index is 4.40. The third-order valence-corrected chi connectivity index (χ3v) is 1.93. The highest BCUT2D eigenvalue weighted by Gasteiger charge is 2.40. The third-order valence-electron chi connectivity index (χ3n) is 1.93. The Labute approximate surface area is 109 Å². The predicted molar refractivity (Wildman–Crippen MR) is 53.8 cm³/mol. The number of alkyl halides is 6. The summed E-state index contributed by atoms with van der Waals surface area (Å²) in [5, 5.41) is 11.8. The van der Waals surface area contributed by atoms with Crippen LogP contribution in [0.2, 0.25) is 6.82 Å². The highest BCUT2D eigenvalue weighted by Crippen LogP contribution is 2.14. The molecule has 3 N–H and O–H groups in total. The summed E-state index contributed by atoms with van der Waals surface area (Å²) in [7, 11) is -1.50. The van der Waals surface area contributed by atoms with Crippen molar-refractivity contribution in [2.24, 2.45) is 0 Å². The average molecular weight is 309 g/mol. The Morgan fingerprint density at radius 1 is 1.00 bits per heavy atom. The lowest BCUT2D eigenvalue weighted by molar-refractivity contribution is -0.175. The van der Waals surface area contributed by atoms with E-state index < -0.39 is 44.6 Å². The van der Waals surface area contributed by atoms with E-state index in [4.69, 9.17) is 5.02 Å². The van der Waals surface area contributed by atoms with Crippen molar-refractivity contribution >= 4 is 18.9 Å². The second kappa shape index (κ2) is 6.79. The minimum absolute atomic E-state index is 0.563. The van der Waals surface area contributed by atoms with Gasteiger partial charge in [0, 0.05) is 0 Å². The smallest absolute Gasteiger partial charge is 0.437 e. The molecule has 0 rings (SSSR count). The molecular weight excluding hydrogens is 299 g/mol. The van der Waals surface area contributed by atoms with Crippen LogP contribution in [0.1, 0.15) is 0 Å². The minimum Gasteiger partial charge on any atom is -0.437 e. The summed E-state index contributed by atoms with van der Waals surface area (Å²) in [4.78, 5) is 21.5. The first-order valence-corrected chi connectivity index (χ1v) is 4.98. The standard InChI is InChI=1S/C7H10BF6N3O3/c1-8(20)17(2-15-4(18)6(9,10)11)3-16-5(19)7(12,13)14/h20H,2-3H2,1H3,(H,15,18)(H,16,19). The summed E-state index contributed by atoms with van der Waals surface area (Å²) >= 11 is 0. The quantitative estimate of drug-likeness (QED) is 0.369. The van der Waals surface area contributed by atoms with E-state index in [1.165, 1.54) is 10.6 Å². The lowest BCUT2D eigenvalue weighted by Crippen LogP contribution is -2.53. The van der Waals surface area contributed by atoms with Crippen molar-refractivity contribution in [1.29, 1.82) is 0 Å². The van der Waals surface area contributed by atoms with Crippen molar-refractivity contribution in [2.45, 2.75) is 19.2 Å². The summed E-state index contributed by atoms with van der Waals surface area (Å²) in [5.41, 5.74) is 0. The van der Waals surface area contributed by atoms with E-state index >= 15 is 0 Å². The summed E-state index contributed by atoms with van der Waals surface area (Å²) < 4.78 is 71.2. The molecule has 0 heterocycles. The van der Waals surface area contributed by atoms with Crippen LogP contribution in [0.4, 0.5) is 26.3 Å². The molecule has 0 unspecified atom stereocenters. The maximum absolute atomic E-state index is 11.9. The maximum atomic E-state index is 11.9. The molecule has 0 aromatic carbocycles. The van der Waals surface area contributed by atoms with Gasteiger partial charge in [-0.25, -0.2) is 0 Å². The summed E-state index contributed by atoms with van der Waals surface area (Å²) in [6.07, 6.45) is -10.3. The molecule has 0 aromatic rings. The number of halogens is 6. The van der Waals surface area contributed by atoms with Gasteiger partial charge >= 0.3 is 31.2 Å². The van der Waals surface area contributed by atoms with Crippen LogP contribution in [-0.4, -0.2) is 54.4 Å². The molecule has 0 saturated carbocycles. The number of nitrogens with one attached hydrogen (secondary N) is 2. The van der Waals surface area contributed by atoms with Crippen LogP contribution in [0.5, 0.6) is 0 Å². The number of carbonyl (C=O) groups is 2. The molecule has 0 radical (unpaired) electrons. The molecule has 6 nitrogen and oxygen atoms in total. The van der Waals surface area contributed by atoms with Crippen LogP contribution in [0, 0.1) is 0 Å². The second-order valence-corrected chi connectivity index (χ2v) is 3.54. The predicted octanol–water partition coefficient (Wildman–Crippen LogP) is -0.329. The lowest BCUT2D eigenvalue weighted by atomic mass is 9.86. The number of carbonyl (C=O) groups excluding carboxylic acids is 2. The zero-order valence-electron chi connectivity index (χ0n) is 9.97. The van der Waals surface area contributed by atoms with E-state index in [2.05, 4.69) is 0 Å². The van der Waals surface area contributed by atoms with Gasteiger partial charge in [0.15, 0.2) is 0 Å². The molecule has 0 aromatic heterocycles. The van der Waals surface area contributed by atoms with Gasteiger partial charge in [0.1, 0.15) is 0 Å². The number of rotatable bonds is 5. The first kappa shape index (κ1) is 18.5. The van der Waals surface area contributed by atoms with E-state index in [9.17, 15) is 35.9 Å². The monoisotopic (exact) mass is 309 g/mol. The zero-order chi connectivity index (χ0) is 16.1. The van der Waals surface area contributed by atoms with Gasteiger partial charge in [-0.15, -0.1) is 0 Å². The van der Waals surface area contributed by atoms with Crippen LogP contribution in [-0.2, 0) is 9.59 Å². The number of hydrogen-bond donors (Lipinski definition) is 3. The topological polar surface area (TPSA) is 81.7 Å². The fourth-order valence-electron chi connectivity index (χ4n) is 0.867. The molecule has 0 spiro atoms. The van der Waals surface area contributed by atoms with Crippen LogP contribution in [0.3, 0.4) is 0 Å². The van der Waals surface area contributed by atoms with E-state index in [0.717, 1.165) is 6.82 Å². The Morgan fingerprint density at radius 2 is 1.30 bits per heavy atom. The molecule has 2 amide bonds. The molecule has 20 heavy (non-hydrogen) atoms. The Kier molecular flexibility index (Phi) is 6.28. The fraction of sp³-hybridized carbons (Fsp3) is 0.714. The first-order chi connectivity index (χ1) is 8.85. The average Bonchev–Trinajstić information content (AvgIpc) is 2.24. The highest BCUT2D eigenvalue weighted by atomic mass is 19.4. The SMILES string of the molecule is CB(O)N(CNC(=O)C(F)(F)F)CNC(=O)C(F)(F)F. The molecule has 0 bridgehead atoms. The normalized spacial score (nSPS) is 12.2. The highest BCUT2D eigenvalue weighted by molar-refractivity contribution is 6.45. The maximum Gasteiger partial charge on any atom is 0.471 e. The van der Waals surface area contributed by atoms with E-state index in [-0.39, 0.29) is 0 Å². The number of nitrogens with zero attached hydrogens (tertiary/aromatic N) is 1. The van der Waals surface area contributed by atoms with Crippen molar-refractivity contribution in [2.75, 3.05) is 13.3 Å². The molecule has 0 fully saturated rings. The van der Waals surface area contributed by atoms with Crippen molar-refractivity contribution in [3.8, 4) is 0 Å². The van der Waals surface area contributed by atoms with Gasteiger partial charge < -0.3 is 15.7 Å².